The van der Waals surface area contributed by atoms with Crippen molar-refractivity contribution in [2.45, 2.75) is 31.0 Å². The summed E-state index contributed by atoms with van der Waals surface area (Å²) >= 11 is 1.81. The Morgan fingerprint density at radius 3 is 2.70 bits per heavy atom. The average molecular weight is 322 g/mol. The highest BCUT2D eigenvalue weighted by Gasteiger charge is 2.21. The fraction of sp³-hybridized carbons (Fsp3) is 0.222. The third-order valence-electron chi connectivity index (χ3n) is 3.84. The second-order valence-electron chi connectivity index (χ2n) is 5.98. The molecule has 2 N–H and O–H groups in total. The van der Waals surface area contributed by atoms with Crippen molar-refractivity contribution in [1.29, 1.82) is 0 Å². The number of thioether (sulfide) groups is 1. The first kappa shape index (κ1) is 14.3. The van der Waals surface area contributed by atoms with Crippen LogP contribution in [0.25, 0.3) is 10.9 Å². The van der Waals surface area contributed by atoms with Crippen LogP contribution in [0.4, 0.5) is 17.3 Å². The molecule has 4 nitrogen and oxygen atoms in total. The van der Waals surface area contributed by atoms with Crippen LogP contribution in [0.2, 0.25) is 0 Å². The largest absolute Gasteiger partial charge is 0.372 e. The lowest BCUT2D eigenvalue weighted by Gasteiger charge is -2.09. The molecule has 1 aliphatic heterocycles. The van der Waals surface area contributed by atoms with Gasteiger partial charge < -0.3 is 10.6 Å². The predicted molar refractivity (Wildman–Crippen MR) is 97.7 cm³/mol. The third-order valence-corrected chi connectivity index (χ3v) is 4.96. The minimum atomic E-state index is 0.376. The van der Waals surface area contributed by atoms with Crippen molar-refractivity contribution >= 4 is 40.0 Å². The molecule has 0 bridgehead atoms. The molecule has 5 heteroatoms. The summed E-state index contributed by atoms with van der Waals surface area (Å²) in [4.78, 5) is 10.4. The van der Waals surface area contributed by atoms with E-state index in [0.717, 1.165) is 22.3 Å². The van der Waals surface area contributed by atoms with Gasteiger partial charge in [-0.1, -0.05) is 17.8 Å². The van der Waals surface area contributed by atoms with Gasteiger partial charge in [0.2, 0.25) is 5.95 Å². The molecule has 3 aromatic rings. The molecule has 0 aliphatic carbocycles. The highest BCUT2D eigenvalue weighted by molar-refractivity contribution is 8.00. The zero-order valence-electron chi connectivity index (χ0n) is 13.3. The van der Waals surface area contributed by atoms with Gasteiger partial charge in [-0.05, 0) is 56.2 Å². The summed E-state index contributed by atoms with van der Waals surface area (Å²) in [5, 5.41) is 8.23. The number of aromatic nitrogens is 2. The van der Waals surface area contributed by atoms with Crippen molar-refractivity contribution in [3.05, 3.63) is 47.7 Å². The molecule has 0 spiro atoms. The van der Waals surface area contributed by atoms with Crippen LogP contribution in [0.15, 0.2) is 41.4 Å². The van der Waals surface area contributed by atoms with Crippen LogP contribution >= 0.6 is 11.8 Å². The van der Waals surface area contributed by atoms with Gasteiger partial charge >= 0.3 is 0 Å². The molecule has 0 radical (unpaired) electrons. The summed E-state index contributed by atoms with van der Waals surface area (Å²) in [5.41, 5.74) is 5.64. The molecule has 0 fully saturated rings. The van der Waals surface area contributed by atoms with Crippen LogP contribution in [-0.4, -0.2) is 15.3 Å². The molecular weight excluding hydrogens is 304 g/mol. The van der Waals surface area contributed by atoms with E-state index in [4.69, 9.17) is 4.98 Å². The van der Waals surface area contributed by atoms with Crippen LogP contribution in [0.1, 0.15) is 18.1 Å². The van der Waals surface area contributed by atoms with Crippen molar-refractivity contribution in [2.75, 3.05) is 10.6 Å². The normalized spacial score (nSPS) is 16.2. The van der Waals surface area contributed by atoms with Gasteiger partial charge in [0.05, 0.1) is 21.5 Å². The maximum atomic E-state index is 4.75. The van der Waals surface area contributed by atoms with Crippen molar-refractivity contribution in [1.82, 2.24) is 9.97 Å². The van der Waals surface area contributed by atoms with Crippen molar-refractivity contribution in [3.63, 3.8) is 0 Å². The van der Waals surface area contributed by atoms with Gasteiger partial charge in [0.15, 0.2) is 0 Å². The Hall–Kier alpha value is -2.27. The topological polar surface area (TPSA) is 49.8 Å². The Bertz CT molecular complexity index is 887. The van der Waals surface area contributed by atoms with Gasteiger partial charge in [0.1, 0.15) is 0 Å². The molecule has 23 heavy (non-hydrogen) atoms. The first-order chi connectivity index (χ1) is 11.1. The molecule has 2 heterocycles. The van der Waals surface area contributed by atoms with Crippen LogP contribution in [0.3, 0.4) is 0 Å². The van der Waals surface area contributed by atoms with E-state index in [1.54, 1.807) is 0 Å². The van der Waals surface area contributed by atoms with Gasteiger partial charge in [-0.25, -0.2) is 9.97 Å². The zero-order valence-corrected chi connectivity index (χ0v) is 14.2. The first-order valence-corrected chi connectivity index (χ1v) is 8.55. The number of rotatable bonds is 2. The summed E-state index contributed by atoms with van der Waals surface area (Å²) in [6.45, 7) is 6.35. The van der Waals surface area contributed by atoms with Crippen LogP contribution < -0.4 is 10.6 Å². The summed E-state index contributed by atoms with van der Waals surface area (Å²) in [6, 6.07) is 10.5. The first-order valence-electron chi connectivity index (χ1n) is 7.67. The smallest absolute Gasteiger partial charge is 0.227 e. The number of nitrogens with zero attached hydrogens (tertiary/aromatic N) is 2. The van der Waals surface area contributed by atoms with E-state index in [2.05, 4.69) is 66.7 Å². The Morgan fingerprint density at radius 2 is 1.91 bits per heavy atom. The fourth-order valence-electron chi connectivity index (χ4n) is 2.97. The summed E-state index contributed by atoms with van der Waals surface area (Å²) < 4.78 is 0. The summed E-state index contributed by atoms with van der Waals surface area (Å²) in [7, 11) is 0. The van der Waals surface area contributed by atoms with Gasteiger partial charge in [0.25, 0.3) is 0 Å². The maximum absolute atomic E-state index is 4.75. The van der Waals surface area contributed by atoms with Gasteiger partial charge in [-0.3, -0.25) is 0 Å². The van der Waals surface area contributed by atoms with E-state index in [1.165, 1.54) is 16.0 Å². The molecule has 4 rings (SSSR count). The lowest BCUT2D eigenvalue weighted by molar-refractivity contribution is 1.15. The van der Waals surface area contributed by atoms with E-state index in [9.17, 15) is 0 Å². The molecule has 0 saturated heterocycles. The number of aryl methyl sites for hydroxylation is 2. The SMILES string of the molecule is Cc1cc(C)cc(Nc2ncc3ccc4c(c3n2)SC(C)N4)c1. The molecular formula is C18H18N4S. The summed E-state index contributed by atoms with van der Waals surface area (Å²) in [6.07, 6.45) is 1.89. The third kappa shape index (κ3) is 2.72. The van der Waals surface area contributed by atoms with Gasteiger partial charge in [-0.15, -0.1) is 0 Å². The van der Waals surface area contributed by atoms with Crippen molar-refractivity contribution in [2.24, 2.45) is 0 Å². The Kier molecular flexibility index (Phi) is 3.38. The molecule has 2 aromatic carbocycles. The second kappa shape index (κ2) is 5.42. The molecule has 1 aliphatic rings. The highest BCUT2D eigenvalue weighted by atomic mass is 32.2. The van der Waals surface area contributed by atoms with Crippen LogP contribution in [0.5, 0.6) is 0 Å². The average Bonchev–Trinajstić information content (AvgIpc) is 2.87. The molecule has 116 valence electrons. The standard InChI is InChI=1S/C18H18N4S/c1-10-6-11(2)8-14(7-10)21-18-19-9-13-4-5-15-17(16(13)22-18)23-12(3)20-15/h4-9,12,20H,1-3H3,(H,19,21,22). The lowest BCUT2D eigenvalue weighted by atomic mass is 10.1. The molecule has 1 unspecified atom stereocenters. The summed E-state index contributed by atoms with van der Waals surface area (Å²) in [5.74, 6) is 0.635. The van der Waals surface area contributed by atoms with Crippen molar-refractivity contribution < 1.29 is 0 Å². The lowest BCUT2D eigenvalue weighted by Crippen LogP contribution is -2.02. The second-order valence-corrected chi connectivity index (χ2v) is 7.33. The van der Waals surface area contributed by atoms with Gasteiger partial charge in [0, 0.05) is 17.3 Å². The Labute approximate surface area is 139 Å². The van der Waals surface area contributed by atoms with Gasteiger partial charge in [-0.2, -0.15) is 0 Å². The molecule has 0 saturated carbocycles. The van der Waals surface area contributed by atoms with E-state index >= 15 is 0 Å². The number of nitrogens with one attached hydrogen (secondary N) is 2. The van der Waals surface area contributed by atoms with E-state index in [1.807, 2.05) is 18.0 Å². The van der Waals surface area contributed by atoms with Crippen molar-refractivity contribution in [3.8, 4) is 0 Å². The van der Waals surface area contributed by atoms with E-state index in [-0.39, 0.29) is 0 Å². The Balaban J connectivity index is 1.75. The molecule has 1 atom stereocenters. The quantitative estimate of drug-likeness (QED) is 0.706. The number of benzene rings is 2. The molecule has 1 aromatic heterocycles. The fourth-order valence-corrected chi connectivity index (χ4v) is 4.03. The highest BCUT2D eigenvalue weighted by Crippen LogP contribution is 2.42. The monoisotopic (exact) mass is 322 g/mol. The predicted octanol–water partition coefficient (Wildman–Crippen LogP) is 4.85. The maximum Gasteiger partial charge on any atom is 0.227 e. The van der Waals surface area contributed by atoms with Crippen LogP contribution in [-0.2, 0) is 0 Å². The molecule has 0 amide bonds. The minimum absolute atomic E-state index is 0.376. The number of hydrogen-bond donors (Lipinski definition) is 2. The zero-order chi connectivity index (χ0) is 16.0. The van der Waals surface area contributed by atoms with E-state index in [0.29, 0.717) is 11.3 Å². The Morgan fingerprint density at radius 1 is 1.13 bits per heavy atom. The number of fused-ring (bicyclic) bond motifs is 3. The van der Waals surface area contributed by atoms with E-state index < -0.39 is 0 Å². The number of anilines is 3. The minimum Gasteiger partial charge on any atom is -0.372 e. The van der Waals surface area contributed by atoms with Crippen LogP contribution in [0, 0.1) is 13.8 Å². The number of hydrogen-bond acceptors (Lipinski definition) is 5.